The molecule has 0 radical (unpaired) electrons. The summed E-state index contributed by atoms with van der Waals surface area (Å²) in [5, 5.41) is 3.44. The normalized spacial score (nSPS) is 10.9. The van der Waals surface area contributed by atoms with Crippen molar-refractivity contribution in [2.45, 2.75) is 13.8 Å². The molecule has 102 valence electrons. The minimum absolute atomic E-state index is 0.171. The molecule has 2 aromatic heterocycles. The van der Waals surface area contributed by atoms with E-state index in [2.05, 4.69) is 29.4 Å². The summed E-state index contributed by atoms with van der Waals surface area (Å²) in [6.45, 7) is 4.08. The largest absolute Gasteiger partial charge is 0.297 e. The molecule has 3 aromatic rings. The summed E-state index contributed by atoms with van der Waals surface area (Å²) in [7, 11) is 0. The predicted molar refractivity (Wildman–Crippen MR) is 86.4 cm³/mol. The van der Waals surface area contributed by atoms with Crippen LogP contribution in [0.2, 0.25) is 4.34 Å². The number of rotatable bonds is 2. The van der Waals surface area contributed by atoms with Crippen LogP contribution >= 0.6 is 34.3 Å². The maximum atomic E-state index is 12.1. The van der Waals surface area contributed by atoms with Gasteiger partial charge in [-0.3, -0.25) is 10.1 Å². The molecule has 1 aromatic carbocycles. The number of anilines is 1. The van der Waals surface area contributed by atoms with E-state index in [4.69, 9.17) is 11.6 Å². The first-order chi connectivity index (χ1) is 9.52. The van der Waals surface area contributed by atoms with Gasteiger partial charge in [0.05, 0.1) is 19.4 Å². The Balaban J connectivity index is 1.91. The number of thiophene rings is 1. The monoisotopic (exact) mass is 322 g/mol. The van der Waals surface area contributed by atoms with Crippen LogP contribution in [0.3, 0.4) is 0 Å². The van der Waals surface area contributed by atoms with Gasteiger partial charge in [0.15, 0.2) is 5.13 Å². The Kier molecular flexibility index (Phi) is 3.50. The third-order valence-corrected chi connectivity index (χ3v) is 5.00. The van der Waals surface area contributed by atoms with E-state index < -0.39 is 0 Å². The molecule has 0 atom stereocenters. The minimum Gasteiger partial charge on any atom is -0.297 e. The van der Waals surface area contributed by atoms with Crippen LogP contribution in [0, 0.1) is 13.8 Å². The van der Waals surface area contributed by atoms with Crippen LogP contribution in [0.15, 0.2) is 24.3 Å². The quantitative estimate of drug-likeness (QED) is 0.730. The number of carbonyl (C=O) groups excluding carboxylic acids is 1. The van der Waals surface area contributed by atoms with E-state index >= 15 is 0 Å². The number of nitrogens with one attached hydrogen (secondary N) is 1. The number of aromatic nitrogens is 1. The van der Waals surface area contributed by atoms with Crippen LogP contribution in [0.25, 0.3) is 10.2 Å². The fourth-order valence-electron chi connectivity index (χ4n) is 2.02. The van der Waals surface area contributed by atoms with E-state index in [-0.39, 0.29) is 5.91 Å². The highest BCUT2D eigenvalue weighted by Gasteiger charge is 2.13. The topological polar surface area (TPSA) is 42.0 Å². The van der Waals surface area contributed by atoms with Crippen LogP contribution in [-0.4, -0.2) is 10.9 Å². The predicted octanol–water partition coefficient (Wildman–Crippen LogP) is 4.88. The molecule has 1 N–H and O–H groups in total. The summed E-state index contributed by atoms with van der Waals surface area (Å²) < 4.78 is 1.69. The van der Waals surface area contributed by atoms with E-state index in [0.717, 1.165) is 15.8 Å². The molecule has 0 bridgehead atoms. The minimum atomic E-state index is -0.171. The van der Waals surface area contributed by atoms with Gasteiger partial charge in [-0.1, -0.05) is 29.0 Å². The number of hydrogen-bond acceptors (Lipinski definition) is 4. The van der Waals surface area contributed by atoms with Gasteiger partial charge in [-0.15, -0.1) is 11.3 Å². The van der Waals surface area contributed by atoms with E-state index in [0.29, 0.717) is 14.3 Å². The van der Waals surface area contributed by atoms with Gasteiger partial charge >= 0.3 is 0 Å². The number of benzene rings is 1. The molecule has 0 spiro atoms. The molecule has 6 heteroatoms. The third-order valence-electron chi connectivity index (χ3n) is 2.85. The molecule has 0 fully saturated rings. The van der Waals surface area contributed by atoms with Crippen molar-refractivity contribution in [3.63, 3.8) is 0 Å². The van der Waals surface area contributed by atoms with Crippen LogP contribution in [0.1, 0.15) is 20.8 Å². The number of halogens is 1. The first kappa shape index (κ1) is 13.5. The molecule has 0 aliphatic carbocycles. The maximum Gasteiger partial charge on any atom is 0.267 e. The zero-order chi connectivity index (χ0) is 14.3. The molecule has 2 heterocycles. The standard InChI is InChI=1S/C14H11ClN2OS2/c1-7-5-8(2)12-10(6-7)20-14(16-12)17-13(18)9-3-4-11(15)19-9/h3-6H,1-2H3,(H,16,17,18). The Morgan fingerprint density at radius 2 is 2.05 bits per heavy atom. The van der Waals surface area contributed by atoms with Crippen molar-refractivity contribution in [2.24, 2.45) is 0 Å². The summed E-state index contributed by atoms with van der Waals surface area (Å²) in [5.74, 6) is -0.171. The molecule has 3 nitrogen and oxygen atoms in total. The number of nitrogens with zero attached hydrogens (tertiary/aromatic N) is 1. The lowest BCUT2D eigenvalue weighted by Gasteiger charge is -1.97. The molecule has 20 heavy (non-hydrogen) atoms. The smallest absolute Gasteiger partial charge is 0.267 e. The fourth-order valence-corrected chi connectivity index (χ4v) is 3.99. The molecule has 0 saturated heterocycles. The lowest BCUT2D eigenvalue weighted by molar-refractivity contribution is 0.103. The Hall–Kier alpha value is -1.43. The second-order valence-corrected chi connectivity index (χ2v) is 7.25. The van der Waals surface area contributed by atoms with Gasteiger partial charge in [-0.05, 0) is 43.2 Å². The Morgan fingerprint density at radius 3 is 2.75 bits per heavy atom. The summed E-state index contributed by atoms with van der Waals surface area (Å²) in [5.41, 5.74) is 3.26. The summed E-state index contributed by atoms with van der Waals surface area (Å²) in [4.78, 5) is 17.1. The van der Waals surface area contributed by atoms with Crippen LogP contribution < -0.4 is 5.32 Å². The molecular weight excluding hydrogens is 312 g/mol. The molecule has 3 rings (SSSR count). The van der Waals surface area contributed by atoms with E-state index in [9.17, 15) is 4.79 Å². The maximum absolute atomic E-state index is 12.1. The number of thiazole rings is 1. The zero-order valence-electron chi connectivity index (χ0n) is 10.9. The van der Waals surface area contributed by atoms with Crippen LogP contribution in [0.4, 0.5) is 5.13 Å². The van der Waals surface area contributed by atoms with Crippen molar-refractivity contribution in [1.82, 2.24) is 4.98 Å². The first-order valence-electron chi connectivity index (χ1n) is 5.97. The van der Waals surface area contributed by atoms with Crippen molar-refractivity contribution >= 4 is 55.5 Å². The van der Waals surface area contributed by atoms with E-state index in [1.165, 1.54) is 28.2 Å². The average molecular weight is 323 g/mol. The fraction of sp³-hybridized carbons (Fsp3) is 0.143. The van der Waals surface area contributed by atoms with Gasteiger partial charge < -0.3 is 0 Å². The lowest BCUT2D eigenvalue weighted by Crippen LogP contribution is -2.09. The van der Waals surface area contributed by atoms with Crippen molar-refractivity contribution in [3.8, 4) is 0 Å². The summed E-state index contributed by atoms with van der Waals surface area (Å²) >= 11 is 8.58. The highest BCUT2D eigenvalue weighted by molar-refractivity contribution is 7.22. The van der Waals surface area contributed by atoms with Crippen LogP contribution in [-0.2, 0) is 0 Å². The van der Waals surface area contributed by atoms with Crippen molar-refractivity contribution in [2.75, 3.05) is 5.32 Å². The van der Waals surface area contributed by atoms with Gasteiger partial charge in [0.2, 0.25) is 0 Å². The number of amides is 1. The van der Waals surface area contributed by atoms with E-state index in [1.54, 1.807) is 12.1 Å². The average Bonchev–Trinajstić information content (AvgIpc) is 2.95. The Labute approximate surface area is 129 Å². The van der Waals surface area contributed by atoms with Crippen LogP contribution in [0.5, 0.6) is 0 Å². The number of carbonyl (C=O) groups is 1. The third kappa shape index (κ3) is 2.57. The molecule has 1 amide bonds. The van der Waals surface area contributed by atoms with Gasteiger partial charge in [-0.25, -0.2) is 4.98 Å². The first-order valence-corrected chi connectivity index (χ1v) is 7.98. The van der Waals surface area contributed by atoms with Gasteiger partial charge in [0.25, 0.3) is 5.91 Å². The van der Waals surface area contributed by atoms with Gasteiger partial charge in [0.1, 0.15) is 0 Å². The summed E-state index contributed by atoms with van der Waals surface area (Å²) in [6.07, 6.45) is 0. The zero-order valence-corrected chi connectivity index (χ0v) is 13.2. The number of fused-ring (bicyclic) bond motifs is 1. The molecular formula is C14H11ClN2OS2. The number of aryl methyl sites for hydroxylation is 2. The van der Waals surface area contributed by atoms with Gasteiger partial charge in [-0.2, -0.15) is 0 Å². The molecule has 0 aliphatic rings. The molecule has 0 saturated carbocycles. The van der Waals surface area contributed by atoms with Crippen molar-refractivity contribution in [3.05, 3.63) is 44.6 Å². The highest BCUT2D eigenvalue weighted by atomic mass is 35.5. The van der Waals surface area contributed by atoms with E-state index in [1.807, 2.05) is 6.92 Å². The van der Waals surface area contributed by atoms with Crippen molar-refractivity contribution < 1.29 is 4.79 Å². The summed E-state index contributed by atoms with van der Waals surface area (Å²) in [6, 6.07) is 7.60. The molecule has 0 aliphatic heterocycles. The highest BCUT2D eigenvalue weighted by Crippen LogP contribution is 2.30. The Morgan fingerprint density at radius 1 is 1.25 bits per heavy atom. The SMILES string of the molecule is Cc1cc(C)c2nc(NC(=O)c3ccc(Cl)s3)sc2c1. The number of hydrogen-bond donors (Lipinski definition) is 1. The molecule has 0 unspecified atom stereocenters. The van der Waals surface area contributed by atoms with Gasteiger partial charge in [0, 0.05) is 0 Å². The van der Waals surface area contributed by atoms with Crippen molar-refractivity contribution in [1.29, 1.82) is 0 Å². The second-order valence-electron chi connectivity index (χ2n) is 4.51. The lowest BCUT2D eigenvalue weighted by atomic mass is 10.1. The Bertz CT molecular complexity index is 807. The second kappa shape index (κ2) is 5.16.